The van der Waals surface area contributed by atoms with E-state index in [9.17, 15) is 9.90 Å². The first-order valence-electron chi connectivity index (χ1n) is 7.14. The molecule has 1 heterocycles. The largest absolute Gasteiger partial charge is 0.388 e. The summed E-state index contributed by atoms with van der Waals surface area (Å²) in [6.45, 7) is 7.58. The molecule has 2 aromatic rings. The van der Waals surface area contributed by atoms with Gasteiger partial charge in [0.1, 0.15) is 0 Å². The van der Waals surface area contributed by atoms with Crippen LogP contribution in [0.3, 0.4) is 0 Å². The van der Waals surface area contributed by atoms with Crippen LogP contribution in [0.1, 0.15) is 34.1 Å². The molecule has 0 unspecified atom stereocenters. The molecular weight excluding hydrogens is 266 g/mol. The number of imidazole rings is 1. The van der Waals surface area contributed by atoms with E-state index in [1.54, 1.807) is 20.2 Å². The second kappa shape index (κ2) is 5.48. The van der Waals surface area contributed by atoms with Crippen LogP contribution in [0.5, 0.6) is 0 Å². The summed E-state index contributed by atoms with van der Waals surface area (Å²) in [5.74, 6) is -0.0834. The number of carbonyl (C=O) groups excluding carboxylic acids is 1. The minimum atomic E-state index is -0.982. The average Bonchev–Trinajstić information content (AvgIpc) is 2.77. The Balaban J connectivity index is 1.99. The van der Waals surface area contributed by atoms with Gasteiger partial charge in [-0.05, 0) is 39.8 Å². The summed E-state index contributed by atoms with van der Waals surface area (Å²) in [6, 6.07) is 7.83. The highest BCUT2D eigenvalue weighted by Crippen LogP contribution is 2.20. The molecule has 0 spiro atoms. The van der Waals surface area contributed by atoms with Crippen molar-refractivity contribution in [3.05, 3.63) is 30.6 Å². The molecule has 0 bridgehead atoms. The molecule has 1 amide bonds. The number of amides is 1. The van der Waals surface area contributed by atoms with Gasteiger partial charge in [-0.3, -0.25) is 4.79 Å². The lowest BCUT2D eigenvalue weighted by molar-refractivity contribution is -0.126. The van der Waals surface area contributed by atoms with Crippen LogP contribution in [0.4, 0.5) is 0 Å². The fourth-order valence-electron chi connectivity index (χ4n) is 1.97. The van der Waals surface area contributed by atoms with Gasteiger partial charge >= 0.3 is 0 Å². The van der Waals surface area contributed by atoms with Crippen LogP contribution < -0.4 is 5.32 Å². The normalized spacial score (nSPS) is 12.6. The molecule has 0 atom stereocenters. The number of aliphatic hydroxyl groups is 1. The number of fused-ring (bicyclic) bond motifs is 1. The van der Waals surface area contributed by atoms with Crippen LogP contribution in [0, 0.1) is 0 Å². The number of rotatable bonds is 5. The van der Waals surface area contributed by atoms with Crippen molar-refractivity contribution in [3.63, 3.8) is 0 Å². The topological polar surface area (TPSA) is 67.2 Å². The number of para-hydroxylation sites is 2. The Morgan fingerprint density at radius 1 is 1.29 bits per heavy atom. The summed E-state index contributed by atoms with van der Waals surface area (Å²) < 4.78 is 1.96. The van der Waals surface area contributed by atoms with E-state index < -0.39 is 11.1 Å². The molecule has 0 saturated carbocycles. The van der Waals surface area contributed by atoms with E-state index in [0.29, 0.717) is 13.0 Å². The van der Waals surface area contributed by atoms with E-state index in [1.807, 2.05) is 42.7 Å². The minimum absolute atomic E-state index is 0.0834. The molecule has 0 aliphatic heterocycles. The number of nitrogens with zero attached hydrogens (tertiary/aromatic N) is 2. The molecule has 0 fully saturated rings. The van der Waals surface area contributed by atoms with Crippen LogP contribution >= 0.6 is 0 Å². The lowest BCUT2D eigenvalue weighted by Crippen LogP contribution is -2.57. The summed E-state index contributed by atoms with van der Waals surface area (Å²) in [5, 5.41) is 12.9. The van der Waals surface area contributed by atoms with E-state index >= 15 is 0 Å². The van der Waals surface area contributed by atoms with Gasteiger partial charge in [0, 0.05) is 13.0 Å². The number of aryl methyl sites for hydroxylation is 1. The maximum absolute atomic E-state index is 12.1. The van der Waals surface area contributed by atoms with E-state index in [1.165, 1.54) is 0 Å². The molecule has 114 valence electrons. The smallest absolute Gasteiger partial charge is 0.222 e. The van der Waals surface area contributed by atoms with E-state index in [-0.39, 0.29) is 5.91 Å². The molecule has 2 N–H and O–H groups in total. The number of hydrogen-bond acceptors (Lipinski definition) is 3. The van der Waals surface area contributed by atoms with Gasteiger partial charge in [0.15, 0.2) is 0 Å². The van der Waals surface area contributed by atoms with E-state index in [4.69, 9.17) is 0 Å². The van der Waals surface area contributed by atoms with Gasteiger partial charge in [-0.25, -0.2) is 4.98 Å². The molecule has 21 heavy (non-hydrogen) atoms. The summed E-state index contributed by atoms with van der Waals surface area (Å²) in [5.41, 5.74) is 0.285. The van der Waals surface area contributed by atoms with E-state index in [0.717, 1.165) is 11.0 Å². The summed E-state index contributed by atoms with van der Waals surface area (Å²) >= 11 is 0. The molecule has 1 aromatic heterocycles. The average molecular weight is 289 g/mol. The van der Waals surface area contributed by atoms with Gasteiger partial charge in [0.2, 0.25) is 5.91 Å². The summed E-state index contributed by atoms with van der Waals surface area (Å²) in [7, 11) is 0. The molecule has 2 rings (SSSR count). The fourth-order valence-corrected chi connectivity index (χ4v) is 1.97. The highest BCUT2D eigenvalue weighted by Gasteiger charge is 2.36. The van der Waals surface area contributed by atoms with Crippen molar-refractivity contribution in [3.8, 4) is 0 Å². The zero-order valence-corrected chi connectivity index (χ0v) is 13.1. The van der Waals surface area contributed by atoms with Crippen LogP contribution in [0.15, 0.2) is 30.6 Å². The maximum atomic E-state index is 12.1. The number of benzene rings is 1. The summed E-state index contributed by atoms with van der Waals surface area (Å²) in [6.07, 6.45) is 2.10. The van der Waals surface area contributed by atoms with Crippen molar-refractivity contribution in [2.45, 2.75) is 51.8 Å². The zero-order valence-electron chi connectivity index (χ0n) is 13.1. The Morgan fingerprint density at radius 3 is 2.62 bits per heavy atom. The quantitative estimate of drug-likeness (QED) is 0.885. The SMILES string of the molecule is CC(C)(O)C(C)(C)NC(=O)CCn1cnc2ccccc21. The third-order valence-corrected chi connectivity index (χ3v) is 4.09. The predicted molar refractivity (Wildman–Crippen MR) is 82.9 cm³/mol. The third kappa shape index (κ3) is 3.42. The first kappa shape index (κ1) is 15.5. The van der Waals surface area contributed by atoms with Crippen molar-refractivity contribution < 1.29 is 9.90 Å². The second-order valence-electron chi connectivity index (χ2n) is 6.41. The highest BCUT2D eigenvalue weighted by molar-refractivity contribution is 5.78. The monoisotopic (exact) mass is 289 g/mol. The molecule has 0 aliphatic carbocycles. The molecule has 0 radical (unpaired) electrons. The molecule has 0 saturated heterocycles. The van der Waals surface area contributed by atoms with Crippen molar-refractivity contribution in [1.29, 1.82) is 0 Å². The van der Waals surface area contributed by atoms with Crippen molar-refractivity contribution >= 4 is 16.9 Å². The lowest BCUT2D eigenvalue weighted by Gasteiger charge is -2.38. The zero-order chi connectivity index (χ0) is 15.7. The van der Waals surface area contributed by atoms with Crippen LogP contribution in [0.2, 0.25) is 0 Å². The van der Waals surface area contributed by atoms with Gasteiger partial charge in [0.25, 0.3) is 0 Å². The number of hydrogen-bond donors (Lipinski definition) is 2. The highest BCUT2D eigenvalue weighted by atomic mass is 16.3. The lowest BCUT2D eigenvalue weighted by atomic mass is 9.86. The number of carbonyl (C=O) groups is 1. The van der Waals surface area contributed by atoms with Gasteiger partial charge in [-0.2, -0.15) is 0 Å². The van der Waals surface area contributed by atoms with Gasteiger partial charge in [-0.1, -0.05) is 12.1 Å². The molecule has 5 nitrogen and oxygen atoms in total. The Morgan fingerprint density at radius 2 is 1.95 bits per heavy atom. The van der Waals surface area contributed by atoms with Crippen molar-refractivity contribution in [2.75, 3.05) is 0 Å². The van der Waals surface area contributed by atoms with Crippen molar-refractivity contribution in [2.24, 2.45) is 0 Å². The Hall–Kier alpha value is -1.88. The molecule has 5 heteroatoms. The first-order valence-corrected chi connectivity index (χ1v) is 7.14. The molecule has 1 aromatic carbocycles. The van der Waals surface area contributed by atoms with Gasteiger partial charge in [0.05, 0.1) is 28.5 Å². The first-order chi connectivity index (χ1) is 9.71. The fraction of sp³-hybridized carbons (Fsp3) is 0.500. The maximum Gasteiger partial charge on any atom is 0.222 e. The molecule has 0 aliphatic rings. The van der Waals surface area contributed by atoms with Crippen LogP contribution in [0.25, 0.3) is 11.0 Å². The Kier molecular flexibility index (Phi) is 4.05. The molecular formula is C16H23N3O2. The van der Waals surface area contributed by atoms with E-state index in [2.05, 4.69) is 10.3 Å². The number of aromatic nitrogens is 2. The minimum Gasteiger partial charge on any atom is -0.388 e. The third-order valence-electron chi connectivity index (χ3n) is 4.09. The number of nitrogens with one attached hydrogen (secondary N) is 1. The summed E-state index contributed by atoms with van der Waals surface area (Å²) in [4.78, 5) is 16.4. The van der Waals surface area contributed by atoms with Crippen LogP contribution in [-0.4, -0.2) is 31.7 Å². The van der Waals surface area contributed by atoms with Gasteiger partial charge in [-0.15, -0.1) is 0 Å². The second-order valence-corrected chi connectivity index (χ2v) is 6.41. The Bertz CT molecular complexity index is 638. The Labute approximate surface area is 125 Å². The standard InChI is InChI=1S/C16H23N3O2/c1-15(2,16(3,4)21)18-14(20)9-10-19-11-17-12-7-5-6-8-13(12)19/h5-8,11,21H,9-10H2,1-4H3,(H,18,20). The van der Waals surface area contributed by atoms with Gasteiger partial charge < -0.3 is 15.0 Å². The predicted octanol–water partition coefficient (Wildman–Crippen LogP) is 2.09. The van der Waals surface area contributed by atoms with Crippen molar-refractivity contribution in [1.82, 2.24) is 14.9 Å². The van der Waals surface area contributed by atoms with Crippen LogP contribution in [-0.2, 0) is 11.3 Å².